The average molecular weight is 493 g/mol. The highest BCUT2D eigenvalue weighted by atomic mass is 32.2. The fourth-order valence-electron chi connectivity index (χ4n) is 4.30. The first-order valence-corrected chi connectivity index (χ1v) is 13.1. The lowest BCUT2D eigenvalue weighted by atomic mass is 9.80. The van der Waals surface area contributed by atoms with Gasteiger partial charge in [0.1, 0.15) is 9.79 Å². The molecule has 1 heterocycles. The van der Waals surface area contributed by atoms with Crippen molar-refractivity contribution in [3.63, 3.8) is 0 Å². The second kappa shape index (κ2) is 8.60. The van der Waals surface area contributed by atoms with Crippen molar-refractivity contribution in [3.8, 4) is 0 Å². The Kier molecular flexibility index (Phi) is 6.51. The van der Waals surface area contributed by atoms with Crippen LogP contribution in [0.4, 0.5) is 11.4 Å². The molecule has 1 atom stereocenters. The lowest BCUT2D eigenvalue weighted by Crippen LogP contribution is -2.45. The quantitative estimate of drug-likeness (QED) is 0.355. The predicted octanol–water partition coefficient (Wildman–Crippen LogP) is 4.32. The van der Waals surface area contributed by atoms with E-state index in [2.05, 4.69) is 44.9 Å². The number of benzene rings is 3. The van der Waals surface area contributed by atoms with Gasteiger partial charge in [-0.25, -0.2) is 0 Å². The van der Waals surface area contributed by atoms with Crippen LogP contribution in [-0.2, 0) is 20.2 Å². The van der Waals surface area contributed by atoms with Gasteiger partial charge in [0.15, 0.2) is 0 Å². The Morgan fingerprint density at radius 1 is 0.909 bits per heavy atom. The summed E-state index contributed by atoms with van der Waals surface area (Å²) in [6.45, 7) is 6.87. The normalized spacial score (nSPS) is 17.8. The first-order chi connectivity index (χ1) is 15.1. The Labute approximate surface area is 194 Å². The maximum Gasteiger partial charge on any atom is 0.295 e. The van der Waals surface area contributed by atoms with E-state index in [1.807, 2.05) is 6.07 Å². The van der Waals surface area contributed by atoms with Gasteiger partial charge in [0.25, 0.3) is 20.2 Å². The Morgan fingerprint density at radius 2 is 1.39 bits per heavy atom. The highest BCUT2D eigenvalue weighted by molar-refractivity contribution is 7.86. The molecule has 10 heteroatoms. The van der Waals surface area contributed by atoms with Gasteiger partial charge in [-0.05, 0) is 62.1 Å². The monoisotopic (exact) mass is 492 g/mol. The van der Waals surface area contributed by atoms with Crippen LogP contribution in [0.5, 0.6) is 0 Å². The molecule has 0 fully saturated rings. The zero-order valence-corrected chi connectivity index (χ0v) is 20.5. The fourth-order valence-corrected chi connectivity index (χ4v) is 5.71. The van der Waals surface area contributed by atoms with Crippen molar-refractivity contribution in [1.82, 2.24) is 0 Å². The summed E-state index contributed by atoms with van der Waals surface area (Å²) in [5.74, 6) is 0.592. The summed E-state index contributed by atoms with van der Waals surface area (Å²) >= 11 is 0. The largest absolute Gasteiger partial charge is 0.399 e. The summed E-state index contributed by atoms with van der Waals surface area (Å²) in [6.07, 6.45) is 1.18. The highest BCUT2D eigenvalue weighted by Crippen LogP contribution is 2.42. The van der Waals surface area contributed by atoms with Gasteiger partial charge >= 0.3 is 0 Å². The maximum absolute atomic E-state index is 11.2. The Bertz CT molecular complexity index is 1340. The standard InChI is InChI=1S/C13H20N2.C10H8O6S2/c1-9-8-13(2,3)15(4)12-6-5-10(14)7-11(9)12;11-17(12,13)9-5-1-3-7-8(9)4-2-6-10(7)18(14,15)16/h5-7,9H,8,14H2,1-4H3;1-6H,(H,11,12,13)(H,14,15,16). The third kappa shape index (κ3) is 5.14. The van der Waals surface area contributed by atoms with Crippen LogP contribution in [0.25, 0.3) is 10.8 Å². The number of hydrogen-bond acceptors (Lipinski definition) is 6. The van der Waals surface area contributed by atoms with Crippen molar-refractivity contribution >= 4 is 42.4 Å². The highest BCUT2D eigenvalue weighted by Gasteiger charge is 2.33. The predicted molar refractivity (Wildman–Crippen MR) is 130 cm³/mol. The number of rotatable bonds is 2. The van der Waals surface area contributed by atoms with E-state index in [9.17, 15) is 16.8 Å². The minimum atomic E-state index is -4.47. The molecular weight excluding hydrogens is 464 g/mol. The number of fused-ring (bicyclic) bond motifs is 2. The summed E-state index contributed by atoms with van der Waals surface area (Å²) in [5, 5.41) is 0.0465. The molecule has 3 aromatic rings. The lowest BCUT2D eigenvalue weighted by Gasteiger charge is -2.45. The molecule has 0 radical (unpaired) electrons. The molecule has 1 aliphatic rings. The molecule has 4 N–H and O–H groups in total. The minimum Gasteiger partial charge on any atom is -0.399 e. The first-order valence-electron chi connectivity index (χ1n) is 10.2. The molecule has 0 aromatic heterocycles. The molecule has 0 saturated carbocycles. The zero-order chi connectivity index (χ0) is 24.8. The van der Waals surface area contributed by atoms with Crippen LogP contribution in [0.2, 0.25) is 0 Å². The third-order valence-corrected chi connectivity index (χ3v) is 7.88. The van der Waals surface area contributed by atoms with E-state index in [1.165, 1.54) is 41.9 Å². The molecule has 0 aliphatic carbocycles. The van der Waals surface area contributed by atoms with Crippen molar-refractivity contribution in [1.29, 1.82) is 0 Å². The van der Waals surface area contributed by atoms with E-state index in [-0.39, 0.29) is 16.3 Å². The number of nitrogens with zero attached hydrogens (tertiary/aromatic N) is 1. The van der Waals surface area contributed by atoms with E-state index in [0.29, 0.717) is 5.92 Å². The average Bonchev–Trinajstić information content (AvgIpc) is 2.70. The Balaban J connectivity index is 0.000000189. The van der Waals surface area contributed by atoms with Crippen LogP contribution in [0.15, 0.2) is 64.4 Å². The van der Waals surface area contributed by atoms with Gasteiger partial charge in [-0.3, -0.25) is 9.11 Å². The molecule has 178 valence electrons. The molecule has 4 rings (SSSR count). The van der Waals surface area contributed by atoms with Crippen LogP contribution in [0, 0.1) is 0 Å². The molecular formula is C23H28N2O6S2. The smallest absolute Gasteiger partial charge is 0.295 e. The van der Waals surface area contributed by atoms with Gasteiger partial charge in [0.05, 0.1) is 0 Å². The summed E-state index contributed by atoms with van der Waals surface area (Å²) < 4.78 is 62.7. The number of hydrogen-bond donors (Lipinski definition) is 3. The molecule has 0 spiro atoms. The van der Waals surface area contributed by atoms with E-state index in [0.717, 1.165) is 17.8 Å². The van der Waals surface area contributed by atoms with Crippen molar-refractivity contribution in [2.24, 2.45) is 0 Å². The van der Waals surface area contributed by atoms with E-state index in [4.69, 9.17) is 14.8 Å². The second-order valence-corrected chi connectivity index (χ2v) is 11.6. The molecule has 1 unspecified atom stereocenters. The topological polar surface area (TPSA) is 138 Å². The SMILES string of the molecule is CC1CC(C)(C)N(C)c2ccc(N)cc21.O=S(=O)(O)c1cccc2c(S(=O)(=O)O)cccc12. The van der Waals surface area contributed by atoms with Crippen molar-refractivity contribution in [2.75, 3.05) is 17.7 Å². The van der Waals surface area contributed by atoms with Crippen LogP contribution >= 0.6 is 0 Å². The fraction of sp³-hybridized carbons (Fsp3) is 0.304. The van der Waals surface area contributed by atoms with Gasteiger partial charge in [-0.15, -0.1) is 0 Å². The second-order valence-electron chi connectivity index (χ2n) is 8.85. The van der Waals surface area contributed by atoms with Gasteiger partial charge in [0, 0.05) is 34.7 Å². The van der Waals surface area contributed by atoms with Crippen LogP contribution in [0.1, 0.15) is 38.7 Å². The minimum absolute atomic E-state index is 0.0233. The van der Waals surface area contributed by atoms with Gasteiger partial charge < -0.3 is 10.6 Å². The van der Waals surface area contributed by atoms with Gasteiger partial charge in [0.2, 0.25) is 0 Å². The molecule has 8 nitrogen and oxygen atoms in total. The van der Waals surface area contributed by atoms with Crippen molar-refractivity contribution in [2.45, 2.75) is 48.4 Å². The van der Waals surface area contributed by atoms with Crippen LogP contribution in [-0.4, -0.2) is 38.5 Å². The first kappa shape index (κ1) is 25.0. The Hall–Kier alpha value is -2.66. The van der Waals surface area contributed by atoms with Crippen molar-refractivity contribution < 1.29 is 25.9 Å². The van der Waals surface area contributed by atoms with E-state index >= 15 is 0 Å². The number of nitrogens with two attached hydrogens (primary N) is 1. The van der Waals surface area contributed by atoms with Gasteiger partial charge in [-0.2, -0.15) is 16.8 Å². The summed E-state index contributed by atoms with van der Waals surface area (Å²) in [5.41, 5.74) is 9.66. The molecule has 0 amide bonds. The number of nitrogen functional groups attached to an aromatic ring is 1. The maximum atomic E-state index is 11.2. The van der Waals surface area contributed by atoms with Crippen molar-refractivity contribution in [3.05, 3.63) is 60.2 Å². The molecule has 0 bridgehead atoms. The molecule has 33 heavy (non-hydrogen) atoms. The lowest BCUT2D eigenvalue weighted by molar-refractivity contribution is 0.395. The van der Waals surface area contributed by atoms with E-state index < -0.39 is 30.0 Å². The van der Waals surface area contributed by atoms with Crippen LogP contribution in [0.3, 0.4) is 0 Å². The molecule has 3 aromatic carbocycles. The Morgan fingerprint density at radius 3 is 1.85 bits per heavy atom. The summed E-state index contributed by atoms with van der Waals surface area (Å²) in [7, 11) is -6.77. The van der Waals surface area contributed by atoms with Gasteiger partial charge in [-0.1, -0.05) is 31.2 Å². The summed E-state index contributed by atoms with van der Waals surface area (Å²) in [6, 6.07) is 13.8. The zero-order valence-electron chi connectivity index (χ0n) is 18.8. The summed E-state index contributed by atoms with van der Waals surface area (Å²) in [4.78, 5) is 1.54. The molecule has 0 saturated heterocycles. The van der Waals surface area contributed by atoms with Crippen LogP contribution < -0.4 is 10.6 Å². The van der Waals surface area contributed by atoms with E-state index in [1.54, 1.807) is 0 Å². The third-order valence-electron chi connectivity index (χ3n) is 6.06. The number of anilines is 2. The molecule has 1 aliphatic heterocycles.